The van der Waals surface area contributed by atoms with E-state index in [9.17, 15) is 0 Å². The number of nitrogens with zero attached hydrogens (tertiary/aromatic N) is 5. The molecule has 14 rings (SSSR count). The Balaban J connectivity index is 1.10. The van der Waals surface area contributed by atoms with Crippen molar-refractivity contribution in [1.29, 1.82) is 0 Å². The average molecular weight is 856 g/mol. The molecule has 10 aromatic carbocycles. The Bertz CT molecular complexity index is 4280. The Hall–Kier alpha value is -9.13. The molecule has 0 unspecified atom stereocenters. The van der Waals surface area contributed by atoms with Gasteiger partial charge in [-0.15, -0.1) is 0 Å². The maximum atomic E-state index is 6.80. The molecule has 0 fully saturated rings. The summed E-state index contributed by atoms with van der Waals surface area (Å²) in [5, 5.41) is 8.90. The molecule has 67 heavy (non-hydrogen) atoms. The van der Waals surface area contributed by atoms with Crippen LogP contribution in [0.25, 0.3) is 133 Å². The van der Waals surface area contributed by atoms with Crippen LogP contribution < -0.4 is 0 Å². The smallest absolute Gasteiger partial charge is 0.238 e. The van der Waals surface area contributed by atoms with Crippen molar-refractivity contribution in [3.05, 3.63) is 224 Å². The van der Waals surface area contributed by atoms with Gasteiger partial charge in [0.15, 0.2) is 11.6 Å². The van der Waals surface area contributed by atoms with E-state index in [2.05, 4.69) is 209 Å². The van der Waals surface area contributed by atoms with E-state index in [-0.39, 0.29) is 0 Å². The van der Waals surface area contributed by atoms with Crippen molar-refractivity contribution in [2.45, 2.75) is 0 Å². The molecular weight excluding hydrogens is 819 g/mol. The van der Waals surface area contributed by atoms with Crippen LogP contribution in [0.5, 0.6) is 0 Å². The third-order valence-corrected chi connectivity index (χ3v) is 13.3. The number of fused-ring (bicyclic) bond motifs is 11. The standard InChI is InChI=1S/C61H37N5O/c1-3-16-38(17-4-1)42-22-15-23-43(34-42)51-36-45(37-52-48-26-11-14-29-55(48)67-58(51)52)65-53-27-12-9-24-46(53)49-32-33-50-47-25-10-13-28-54(47)66(57(50)56(49)65)61-63-59(40-19-5-2-6-20-40)62-60(64-61)44-31-30-39-18-7-8-21-41(39)35-44/h1-37H. The summed E-state index contributed by atoms with van der Waals surface area (Å²) in [6.45, 7) is 0. The highest BCUT2D eigenvalue weighted by Gasteiger charge is 2.25. The Morgan fingerprint density at radius 3 is 1.67 bits per heavy atom. The van der Waals surface area contributed by atoms with Crippen LogP contribution in [-0.2, 0) is 0 Å². The molecule has 0 saturated heterocycles. The van der Waals surface area contributed by atoms with Gasteiger partial charge in [0.2, 0.25) is 5.95 Å². The fraction of sp³-hybridized carbons (Fsp3) is 0. The molecular formula is C61H37N5O. The van der Waals surface area contributed by atoms with Crippen molar-refractivity contribution in [2.75, 3.05) is 0 Å². The molecule has 0 aliphatic carbocycles. The van der Waals surface area contributed by atoms with Gasteiger partial charge in [0.25, 0.3) is 0 Å². The topological polar surface area (TPSA) is 61.7 Å². The van der Waals surface area contributed by atoms with E-state index in [1.807, 2.05) is 24.3 Å². The van der Waals surface area contributed by atoms with E-state index >= 15 is 0 Å². The Labute approximate surface area is 384 Å². The van der Waals surface area contributed by atoms with Crippen molar-refractivity contribution >= 4 is 76.3 Å². The highest BCUT2D eigenvalue weighted by molar-refractivity contribution is 6.24. The third kappa shape index (κ3) is 5.86. The fourth-order valence-electron chi connectivity index (χ4n) is 10.3. The number of hydrogen-bond donors (Lipinski definition) is 0. The summed E-state index contributed by atoms with van der Waals surface area (Å²) in [5.41, 5.74) is 13.1. The zero-order valence-electron chi connectivity index (χ0n) is 36.0. The molecule has 0 amide bonds. The van der Waals surface area contributed by atoms with Gasteiger partial charge >= 0.3 is 0 Å². The lowest BCUT2D eigenvalue weighted by molar-refractivity contribution is 0.670. The van der Waals surface area contributed by atoms with Crippen LogP contribution in [-0.4, -0.2) is 24.1 Å². The monoisotopic (exact) mass is 855 g/mol. The van der Waals surface area contributed by atoms with Gasteiger partial charge in [-0.1, -0.05) is 182 Å². The van der Waals surface area contributed by atoms with Crippen LogP contribution in [0.4, 0.5) is 0 Å². The number of hydrogen-bond acceptors (Lipinski definition) is 4. The molecule has 4 heterocycles. The molecule has 0 radical (unpaired) electrons. The van der Waals surface area contributed by atoms with Crippen LogP contribution >= 0.6 is 0 Å². The minimum Gasteiger partial charge on any atom is -0.455 e. The highest BCUT2D eigenvalue weighted by atomic mass is 16.3. The Kier molecular flexibility index (Phi) is 8.18. The second kappa shape index (κ2) is 14.7. The molecule has 0 spiro atoms. The van der Waals surface area contributed by atoms with Gasteiger partial charge in [-0.2, -0.15) is 9.97 Å². The fourth-order valence-corrected chi connectivity index (χ4v) is 10.3. The van der Waals surface area contributed by atoms with Crippen LogP contribution in [0.3, 0.4) is 0 Å². The van der Waals surface area contributed by atoms with E-state index in [1.54, 1.807) is 0 Å². The van der Waals surface area contributed by atoms with Gasteiger partial charge in [-0.05, 0) is 69.9 Å². The second-order valence-corrected chi connectivity index (χ2v) is 17.2. The van der Waals surface area contributed by atoms with Gasteiger partial charge in [0.05, 0.1) is 22.1 Å². The first-order chi connectivity index (χ1) is 33.2. The van der Waals surface area contributed by atoms with Gasteiger partial charge < -0.3 is 8.98 Å². The molecule has 0 N–H and O–H groups in total. The molecule has 4 aromatic heterocycles. The summed E-state index contributed by atoms with van der Waals surface area (Å²) in [6.07, 6.45) is 0. The van der Waals surface area contributed by atoms with Gasteiger partial charge in [0.1, 0.15) is 11.2 Å². The summed E-state index contributed by atoms with van der Waals surface area (Å²) in [5.74, 6) is 1.75. The van der Waals surface area contributed by atoms with E-state index in [4.69, 9.17) is 19.4 Å². The minimum atomic E-state index is 0.544. The normalized spacial score (nSPS) is 11.9. The summed E-state index contributed by atoms with van der Waals surface area (Å²) < 4.78 is 11.5. The van der Waals surface area contributed by atoms with Crippen LogP contribution in [0, 0.1) is 0 Å². The molecule has 6 heteroatoms. The van der Waals surface area contributed by atoms with Crippen molar-refractivity contribution in [3.8, 4) is 56.7 Å². The van der Waals surface area contributed by atoms with Crippen molar-refractivity contribution in [1.82, 2.24) is 24.1 Å². The number of rotatable bonds is 6. The van der Waals surface area contributed by atoms with Crippen molar-refractivity contribution in [2.24, 2.45) is 0 Å². The summed E-state index contributed by atoms with van der Waals surface area (Å²) in [6, 6.07) is 79.2. The number of aromatic nitrogens is 5. The molecule has 0 aliphatic rings. The van der Waals surface area contributed by atoms with Gasteiger partial charge in [-0.25, -0.2) is 4.98 Å². The van der Waals surface area contributed by atoms with Crippen molar-refractivity contribution in [3.63, 3.8) is 0 Å². The lowest BCUT2D eigenvalue weighted by atomic mass is 9.97. The largest absolute Gasteiger partial charge is 0.455 e. The second-order valence-electron chi connectivity index (χ2n) is 17.2. The first kappa shape index (κ1) is 37.3. The molecule has 0 atom stereocenters. The minimum absolute atomic E-state index is 0.544. The SMILES string of the molecule is c1ccc(-c2cccc(-c3cc(-n4c5ccccc5c5ccc6c7ccccc7n(-c7nc(-c8ccccc8)nc(-c8ccc9ccccc9c8)n7)c6c54)cc4c3oc3ccccc34)c2)cc1. The molecule has 0 bridgehead atoms. The van der Waals surface area contributed by atoms with Crippen molar-refractivity contribution < 1.29 is 4.42 Å². The predicted molar refractivity (Wildman–Crippen MR) is 275 cm³/mol. The van der Waals surface area contributed by atoms with Crippen LogP contribution in [0.15, 0.2) is 229 Å². The maximum Gasteiger partial charge on any atom is 0.238 e. The lowest BCUT2D eigenvalue weighted by Crippen LogP contribution is -2.07. The number of para-hydroxylation sites is 3. The number of benzene rings is 10. The summed E-state index contributed by atoms with van der Waals surface area (Å²) >= 11 is 0. The Morgan fingerprint density at radius 2 is 0.910 bits per heavy atom. The molecule has 14 aromatic rings. The van der Waals surface area contributed by atoms with Crippen LogP contribution in [0.1, 0.15) is 0 Å². The maximum absolute atomic E-state index is 6.80. The number of furan rings is 1. The first-order valence-corrected chi connectivity index (χ1v) is 22.6. The zero-order chi connectivity index (χ0) is 44.0. The first-order valence-electron chi connectivity index (χ1n) is 22.6. The Morgan fingerprint density at radius 1 is 0.328 bits per heavy atom. The predicted octanol–water partition coefficient (Wildman–Crippen LogP) is 15.8. The summed E-state index contributed by atoms with van der Waals surface area (Å²) in [4.78, 5) is 16.0. The third-order valence-electron chi connectivity index (χ3n) is 13.3. The average Bonchev–Trinajstić information content (AvgIpc) is 4.07. The molecule has 0 aliphatic heterocycles. The molecule has 6 nitrogen and oxygen atoms in total. The van der Waals surface area contributed by atoms with Gasteiger partial charge in [-0.3, -0.25) is 4.57 Å². The lowest BCUT2D eigenvalue weighted by Gasteiger charge is -2.15. The van der Waals surface area contributed by atoms with E-state index in [0.717, 1.165) is 115 Å². The summed E-state index contributed by atoms with van der Waals surface area (Å²) in [7, 11) is 0. The van der Waals surface area contributed by atoms with E-state index in [1.165, 1.54) is 0 Å². The van der Waals surface area contributed by atoms with Crippen LogP contribution in [0.2, 0.25) is 0 Å². The molecule has 0 saturated carbocycles. The molecule has 312 valence electrons. The highest BCUT2D eigenvalue weighted by Crippen LogP contribution is 2.45. The zero-order valence-corrected chi connectivity index (χ0v) is 36.0. The van der Waals surface area contributed by atoms with E-state index < -0.39 is 0 Å². The van der Waals surface area contributed by atoms with Gasteiger partial charge in [0, 0.05) is 54.7 Å². The quantitative estimate of drug-likeness (QED) is 0.167. The van der Waals surface area contributed by atoms with E-state index in [0.29, 0.717) is 17.6 Å².